The lowest BCUT2D eigenvalue weighted by molar-refractivity contribution is -0.139. The summed E-state index contributed by atoms with van der Waals surface area (Å²) in [5.74, 6) is -1.38. The summed E-state index contributed by atoms with van der Waals surface area (Å²) in [7, 11) is -3.94. The second-order valence-electron chi connectivity index (χ2n) is 9.01. The highest BCUT2D eigenvalue weighted by Gasteiger charge is 2.32. The zero-order valence-electron chi connectivity index (χ0n) is 20.2. The van der Waals surface area contributed by atoms with Gasteiger partial charge in [0.1, 0.15) is 18.4 Å². The number of anilines is 1. The summed E-state index contributed by atoms with van der Waals surface area (Å²) in [5, 5.41) is 3.15. The van der Waals surface area contributed by atoms with Crippen molar-refractivity contribution in [1.82, 2.24) is 10.2 Å². The number of nitrogens with one attached hydrogen (secondary N) is 1. The van der Waals surface area contributed by atoms with Crippen molar-refractivity contribution < 1.29 is 22.4 Å². The van der Waals surface area contributed by atoms with Gasteiger partial charge in [0.2, 0.25) is 21.8 Å². The Morgan fingerprint density at radius 2 is 1.72 bits per heavy atom. The molecule has 36 heavy (non-hydrogen) atoms. The minimum absolute atomic E-state index is 0.00873. The molecule has 0 aromatic heterocycles. The molecule has 2 aromatic rings. The van der Waals surface area contributed by atoms with Gasteiger partial charge in [-0.05, 0) is 49.6 Å². The second-order valence-corrected chi connectivity index (χ2v) is 11.7. The summed E-state index contributed by atoms with van der Waals surface area (Å²) in [6.45, 7) is 0.983. The van der Waals surface area contributed by atoms with E-state index in [1.54, 1.807) is 6.92 Å². The van der Waals surface area contributed by atoms with E-state index in [4.69, 9.17) is 23.2 Å². The van der Waals surface area contributed by atoms with Gasteiger partial charge < -0.3 is 10.2 Å². The molecule has 0 radical (unpaired) electrons. The predicted molar refractivity (Wildman–Crippen MR) is 140 cm³/mol. The Kier molecular flexibility index (Phi) is 9.60. The van der Waals surface area contributed by atoms with E-state index in [2.05, 4.69) is 5.32 Å². The molecule has 0 spiro atoms. The summed E-state index contributed by atoms with van der Waals surface area (Å²) in [6.07, 6.45) is 5.90. The normalized spacial score (nSPS) is 15.2. The number of amides is 2. The van der Waals surface area contributed by atoms with Crippen LogP contribution in [0, 0.1) is 5.82 Å². The average molecular weight is 559 g/mol. The summed E-state index contributed by atoms with van der Waals surface area (Å²) in [6, 6.07) is 9.18. The largest absolute Gasteiger partial charge is 0.352 e. The summed E-state index contributed by atoms with van der Waals surface area (Å²) in [5.41, 5.74) is 0.648. The number of nitrogens with zero attached hydrogens (tertiary/aromatic N) is 2. The molecule has 0 bridgehead atoms. The van der Waals surface area contributed by atoms with Crippen LogP contribution >= 0.6 is 23.2 Å². The Morgan fingerprint density at radius 3 is 2.33 bits per heavy atom. The molecule has 196 valence electrons. The number of rotatable bonds is 9. The van der Waals surface area contributed by atoms with Crippen molar-refractivity contribution in [3.05, 3.63) is 63.9 Å². The molecule has 1 N–H and O–H groups in total. The maximum absolute atomic E-state index is 13.6. The van der Waals surface area contributed by atoms with E-state index in [1.807, 2.05) is 0 Å². The minimum atomic E-state index is -3.94. The van der Waals surface area contributed by atoms with Gasteiger partial charge in [0.25, 0.3) is 0 Å². The Labute approximate surface area is 221 Å². The van der Waals surface area contributed by atoms with E-state index in [-0.39, 0.29) is 34.2 Å². The molecule has 2 aromatic carbocycles. The Morgan fingerprint density at radius 1 is 1.08 bits per heavy atom. The van der Waals surface area contributed by atoms with Crippen LogP contribution in [0.25, 0.3) is 0 Å². The number of halogens is 3. The first kappa shape index (κ1) is 28.2. The van der Waals surface area contributed by atoms with E-state index in [1.165, 1.54) is 47.4 Å². The number of sulfonamides is 1. The van der Waals surface area contributed by atoms with E-state index >= 15 is 0 Å². The fourth-order valence-corrected chi connectivity index (χ4v) is 5.52. The second kappa shape index (κ2) is 12.3. The molecule has 0 aliphatic heterocycles. The van der Waals surface area contributed by atoms with Gasteiger partial charge in [-0.25, -0.2) is 12.8 Å². The van der Waals surface area contributed by atoms with Crippen LogP contribution < -0.4 is 9.62 Å². The fourth-order valence-electron chi connectivity index (χ4n) is 4.22. The Bertz CT molecular complexity index is 1190. The summed E-state index contributed by atoms with van der Waals surface area (Å²) >= 11 is 12.3. The Balaban J connectivity index is 1.89. The van der Waals surface area contributed by atoms with Gasteiger partial charge in [0.15, 0.2) is 0 Å². The molecule has 2 amide bonds. The smallest absolute Gasteiger partial charge is 0.244 e. The topological polar surface area (TPSA) is 86.8 Å². The number of benzene rings is 2. The maximum Gasteiger partial charge on any atom is 0.244 e. The van der Waals surface area contributed by atoms with Gasteiger partial charge in [-0.1, -0.05) is 60.7 Å². The highest BCUT2D eigenvalue weighted by Crippen LogP contribution is 2.33. The molecular formula is C25H30Cl2FN3O4S. The maximum atomic E-state index is 13.6. The third-order valence-corrected chi connectivity index (χ3v) is 8.20. The van der Waals surface area contributed by atoms with E-state index in [0.717, 1.165) is 42.7 Å². The quantitative estimate of drug-likeness (QED) is 0.481. The number of hydrogen-bond acceptors (Lipinski definition) is 4. The molecular weight excluding hydrogens is 528 g/mol. The molecule has 11 heteroatoms. The van der Waals surface area contributed by atoms with Crippen LogP contribution in [0.3, 0.4) is 0 Å². The van der Waals surface area contributed by atoms with Gasteiger partial charge in [-0.15, -0.1) is 0 Å². The molecule has 0 heterocycles. The van der Waals surface area contributed by atoms with Crippen LogP contribution in [0.4, 0.5) is 10.1 Å². The lowest BCUT2D eigenvalue weighted by Gasteiger charge is -2.33. The van der Waals surface area contributed by atoms with Crippen LogP contribution in [0.2, 0.25) is 10.0 Å². The molecule has 0 saturated heterocycles. The van der Waals surface area contributed by atoms with E-state index in [9.17, 15) is 22.4 Å². The first-order valence-corrected chi connectivity index (χ1v) is 14.3. The van der Waals surface area contributed by atoms with Gasteiger partial charge in [-0.3, -0.25) is 13.9 Å². The third-order valence-electron chi connectivity index (χ3n) is 6.26. The molecule has 7 nitrogen and oxygen atoms in total. The van der Waals surface area contributed by atoms with Gasteiger partial charge in [-0.2, -0.15) is 0 Å². The van der Waals surface area contributed by atoms with Crippen molar-refractivity contribution in [3.63, 3.8) is 0 Å². The lowest BCUT2D eigenvalue weighted by atomic mass is 9.95. The number of hydrogen-bond donors (Lipinski definition) is 1. The molecule has 1 atom stereocenters. The fraction of sp³-hybridized carbons (Fsp3) is 0.440. The van der Waals surface area contributed by atoms with Crippen LogP contribution in [0.15, 0.2) is 42.5 Å². The first-order chi connectivity index (χ1) is 17.0. The van der Waals surface area contributed by atoms with Crippen LogP contribution in [0.1, 0.15) is 44.6 Å². The molecule has 1 aliphatic rings. The molecule has 1 aliphatic carbocycles. The Hall–Kier alpha value is -2.36. The SMILES string of the molecule is C[C@@H](C(=O)NC1CCCCC1)N(Cc1ccc(F)cc1)C(=O)CN(c1cccc(Cl)c1Cl)S(C)(=O)=O. The molecule has 1 saturated carbocycles. The first-order valence-electron chi connectivity index (χ1n) is 11.7. The van der Waals surface area contributed by atoms with Crippen molar-refractivity contribution in [2.45, 2.75) is 57.7 Å². The molecule has 3 rings (SSSR count). The number of carbonyl (C=O) groups excluding carboxylic acids is 2. The summed E-state index contributed by atoms with van der Waals surface area (Å²) < 4.78 is 39.6. The zero-order valence-corrected chi connectivity index (χ0v) is 22.5. The highest BCUT2D eigenvalue weighted by atomic mass is 35.5. The van der Waals surface area contributed by atoms with Crippen LogP contribution in [0.5, 0.6) is 0 Å². The minimum Gasteiger partial charge on any atom is -0.352 e. The predicted octanol–water partition coefficient (Wildman–Crippen LogP) is 4.76. The highest BCUT2D eigenvalue weighted by molar-refractivity contribution is 7.92. The van der Waals surface area contributed by atoms with Gasteiger partial charge in [0.05, 0.1) is 22.0 Å². The third kappa shape index (κ3) is 7.33. The molecule has 1 fully saturated rings. The van der Waals surface area contributed by atoms with Crippen molar-refractivity contribution >= 4 is 50.7 Å². The van der Waals surface area contributed by atoms with Crippen molar-refractivity contribution in [3.8, 4) is 0 Å². The van der Waals surface area contributed by atoms with Crippen LogP contribution in [-0.2, 0) is 26.2 Å². The lowest BCUT2D eigenvalue weighted by Crippen LogP contribution is -2.53. The van der Waals surface area contributed by atoms with E-state index in [0.29, 0.717) is 5.56 Å². The van der Waals surface area contributed by atoms with E-state index < -0.39 is 34.3 Å². The van der Waals surface area contributed by atoms with Crippen molar-refractivity contribution in [2.75, 3.05) is 17.1 Å². The summed E-state index contributed by atoms with van der Waals surface area (Å²) in [4.78, 5) is 28.0. The van der Waals surface area contributed by atoms with Gasteiger partial charge >= 0.3 is 0 Å². The zero-order chi connectivity index (χ0) is 26.5. The van der Waals surface area contributed by atoms with Crippen molar-refractivity contribution in [2.24, 2.45) is 0 Å². The average Bonchev–Trinajstić information content (AvgIpc) is 2.83. The standard InChI is InChI=1S/C25H30Cl2FN3O4S/c1-17(25(33)29-20-7-4-3-5-8-20)30(15-18-11-13-19(28)14-12-18)23(32)16-31(36(2,34)35)22-10-6-9-21(26)24(22)27/h6,9-14,17,20H,3-5,7-8,15-16H2,1-2H3,(H,29,33)/t17-/m0/s1. The monoisotopic (exact) mass is 557 g/mol. The van der Waals surface area contributed by atoms with Gasteiger partial charge in [0, 0.05) is 12.6 Å². The van der Waals surface area contributed by atoms with Crippen LogP contribution in [-0.4, -0.2) is 50.0 Å². The van der Waals surface area contributed by atoms with Crippen molar-refractivity contribution in [1.29, 1.82) is 0 Å². The molecule has 0 unspecified atom stereocenters. The number of carbonyl (C=O) groups is 2.